The van der Waals surface area contributed by atoms with E-state index in [0.717, 1.165) is 12.8 Å². The summed E-state index contributed by atoms with van der Waals surface area (Å²) in [6, 6.07) is 10.2. The predicted octanol–water partition coefficient (Wildman–Crippen LogP) is 2.58. The van der Waals surface area contributed by atoms with Crippen LogP contribution in [0.15, 0.2) is 42.5 Å². The molecule has 4 unspecified atom stereocenters. The smallest absolute Gasteiger partial charge is 0.311 e. The molecule has 1 saturated heterocycles. The molecule has 2 bridgehead atoms. The van der Waals surface area contributed by atoms with Gasteiger partial charge in [-0.15, -0.1) is 0 Å². The van der Waals surface area contributed by atoms with Crippen molar-refractivity contribution in [1.29, 1.82) is 0 Å². The van der Waals surface area contributed by atoms with Crippen molar-refractivity contribution in [3.05, 3.63) is 48.0 Å². The fourth-order valence-corrected chi connectivity index (χ4v) is 3.93. The number of nitrogens with zero attached hydrogens (tertiary/aromatic N) is 1. The number of carbonyl (C=O) groups is 2. The number of hydrogen-bond donors (Lipinski definition) is 0. The minimum absolute atomic E-state index is 0.0271. The van der Waals surface area contributed by atoms with E-state index in [4.69, 9.17) is 4.74 Å². The van der Waals surface area contributed by atoms with E-state index in [0.29, 0.717) is 6.61 Å². The van der Waals surface area contributed by atoms with Crippen molar-refractivity contribution in [2.45, 2.75) is 38.8 Å². The number of hydrogen-bond acceptors (Lipinski definition) is 3. The zero-order chi connectivity index (χ0) is 16.4. The van der Waals surface area contributed by atoms with Crippen molar-refractivity contribution >= 4 is 11.9 Å². The second-order valence-electron chi connectivity index (χ2n) is 6.32. The molecule has 2 aliphatic heterocycles. The van der Waals surface area contributed by atoms with Crippen LogP contribution in [-0.2, 0) is 20.7 Å². The lowest BCUT2D eigenvalue weighted by molar-refractivity contribution is -0.157. The lowest BCUT2D eigenvalue weighted by atomic mass is 9.71. The van der Waals surface area contributed by atoms with Crippen LogP contribution in [0.1, 0.15) is 25.8 Å². The van der Waals surface area contributed by atoms with Gasteiger partial charge in [0.2, 0.25) is 5.91 Å². The third-order valence-electron chi connectivity index (χ3n) is 4.91. The molecule has 122 valence electrons. The van der Waals surface area contributed by atoms with Gasteiger partial charge in [-0.1, -0.05) is 42.5 Å². The maximum atomic E-state index is 12.3. The van der Waals surface area contributed by atoms with Gasteiger partial charge in [-0.25, -0.2) is 0 Å². The Morgan fingerprint density at radius 3 is 2.61 bits per heavy atom. The highest BCUT2D eigenvalue weighted by Gasteiger charge is 2.48. The van der Waals surface area contributed by atoms with E-state index < -0.39 is 0 Å². The molecule has 0 radical (unpaired) electrons. The molecule has 3 aliphatic rings. The third kappa shape index (κ3) is 3.03. The molecule has 1 fully saturated rings. The highest BCUT2D eigenvalue weighted by atomic mass is 16.5. The van der Waals surface area contributed by atoms with Crippen LogP contribution >= 0.6 is 0 Å². The van der Waals surface area contributed by atoms with Gasteiger partial charge in [-0.05, 0) is 31.2 Å². The summed E-state index contributed by atoms with van der Waals surface area (Å²) in [5, 5.41) is 0. The number of fused-ring (bicyclic) bond motifs is 2. The molecule has 4 atom stereocenters. The highest BCUT2D eigenvalue weighted by molar-refractivity contribution is 5.79. The van der Waals surface area contributed by atoms with Crippen LogP contribution in [0.25, 0.3) is 0 Å². The number of piperidine rings is 1. The topological polar surface area (TPSA) is 46.6 Å². The quantitative estimate of drug-likeness (QED) is 0.634. The molecule has 4 rings (SSSR count). The van der Waals surface area contributed by atoms with E-state index >= 15 is 0 Å². The summed E-state index contributed by atoms with van der Waals surface area (Å²) >= 11 is 0. The first kappa shape index (κ1) is 15.8. The van der Waals surface area contributed by atoms with Crippen LogP contribution in [-0.4, -0.2) is 35.5 Å². The molecule has 1 aliphatic carbocycles. The van der Waals surface area contributed by atoms with E-state index in [1.54, 1.807) is 6.92 Å². The Bertz CT molecular complexity index is 610. The van der Waals surface area contributed by atoms with E-state index in [1.807, 2.05) is 36.1 Å². The molecule has 1 amide bonds. The summed E-state index contributed by atoms with van der Waals surface area (Å²) < 4.78 is 5.20. The van der Waals surface area contributed by atoms with Crippen LogP contribution in [0.3, 0.4) is 0 Å². The standard InChI is InChI=1S/C19H23NO3/c1-3-23-19(22)16-12-15-9-10-17(16)20(13(2)21)18(15)11-14-7-5-4-6-8-14/h4-10,15-18H,3,11-12H2,1-2H3. The van der Waals surface area contributed by atoms with E-state index in [9.17, 15) is 9.59 Å². The zero-order valence-corrected chi connectivity index (χ0v) is 13.6. The SMILES string of the molecule is CCOC(=O)C1CC2C=CC1N(C(C)=O)C2Cc1ccccc1. The van der Waals surface area contributed by atoms with Crippen molar-refractivity contribution in [3.63, 3.8) is 0 Å². The maximum absolute atomic E-state index is 12.3. The van der Waals surface area contributed by atoms with Crippen molar-refractivity contribution in [1.82, 2.24) is 4.90 Å². The summed E-state index contributed by atoms with van der Waals surface area (Å²) in [5.74, 6) is -0.185. The van der Waals surface area contributed by atoms with Crippen molar-refractivity contribution in [2.24, 2.45) is 11.8 Å². The Morgan fingerprint density at radius 1 is 1.22 bits per heavy atom. The first-order valence-electron chi connectivity index (χ1n) is 8.29. The van der Waals surface area contributed by atoms with Gasteiger partial charge in [0.1, 0.15) is 0 Å². The minimum atomic E-state index is -0.235. The van der Waals surface area contributed by atoms with E-state index in [-0.39, 0.29) is 35.8 Å². The Labute approximate surface area is 137 Å². The number of carbonyl (C=O) groups excluding carboxylic acids is 2. The molecule has 0 aromatic heterocycles. The molecule has 0 N–H and O–H groups in total. The number of rotatable bonds is 4. The van der Waals surface area contributed by atoms with Crippen LogP contribution in [0.4, 0.5) is 0 Å². The molecule has 2 heterocycles. The van der Waals surface area contributed by atoms with Gasteiger partial charge < -0.3 is 9.64 Å². The second-order valence-corrected chi connectivity index (χ2v) is 6.32. The van der Waals surface area contributed by atoms with E-state index in [2.05, 4.69) is 18.2 Å². The number of benzene rings is 1. The highest BCUT2D eigenvalue weighted by Crippen LogP contribution is 2.40. The second kappa shape index (κ2) is 6.57. The lowest BCUT2D eigenvalue weighted by Gasteiger charge is -2.51. The van der Waals surface area contributed by atoms with Crippen molar-refractivity contribution in [2.75, 3.05) is 6.61 Å². The summed E-state index contributed by atoms with van der Waals surface area (Å²) in [6.07, 6.45) is 5.77. The van der Waals surface area contributed by atoms with Gasteiger partial charge in [-0.2, -0.15) is 0 Å². The molecule has 1 aromatic rings. The monoisotopic (exact) mass is 313 g/mol. The zero-order valence-electron chi connectivity index (χ0n) is 13.6. The number of amides is 1. The van der Waals surface area contributed by atoms with Gasteiger partial charge in [0, 0.05) is 13.0 Å². The Morgan fingerprint density at radius 2 is 1.96 bits per heavy atom. The lowest BCUT2D eigenvalue weighted by Crippen LogP contribution is -2.60. The van der Waals surface area contributed by atoms with Crippen molar-refractivity contribution in [3.8, 4) is 0 Å². The summed E-state index contributed by atoms with van der Waals surface area (Å²) in [5.41, 5.74) is 1.22. The average molecular weight is 313 g/mol. The minimum Gasteiger partial charge on any atom is -0.466 e. The van der Waals surface area contributed by atoms with Gasteiger partial charge in [-0.3, -0.25) is 9.59 Å². The summed E-state index contributed by atoms with van der Waals surface area (Å²) in [6.45, 7) is 3.79. The number of ether oxygens (including phenoxy) is 1. The first-order chi connectivity index (χ1) is 11.1. The molecule has 0 spiro atoms. The first-order valence-corrected chi connectivity index (χ1v) is 8.29. The van der Waals surface area contributed by atoms with Crippen LogP contribution in [0, 0.1) is 11.8 Å². The molecular formula is C19H23NO3. The van der Waals surface area contributed by atoms with Gasteiger partial charge in [0.15, 0.2) is 0 Å². The average Bonchev–Trinajstić information content (AvgIpc) is 2.56. The maximum Gasteiger partial charge on any atom is 0.311 e. The predicted molar refractivity (Wildman–Crippen MR) is 87.6 cm³/mol. The van der Waals surface area contributed by atoms with Crippen LogP contribution in [0.2, 0.25) is 0 Å². The van der Waals surface area contributed by atoms with Crippen molar-refractivity contribution < 1.29 is 14.3 Å². The molecule has 1 aromatic carbocycles. The summed E-state index contributed by atoms with van der Waals surface area (Å²) in [7, 11) is 0. The summed E-state index contributed by atoms with van der Waals surface area (Å²) in [4.78, 5) is 26.4. The van der Waals surface area contributed by atoms with Gasteiger partial charge in [0.05, 0.1) is 18.6 Å². The fourth-order valence-electron chi connectivity index (χ4n) is 3.93. The Hall–Kier alpha value is -2.10. The van der Waals surface area contributed by atoms with Gasteiger partial charge in [0.25, 0.3) is 0 Å². The van der Waals surface area contributed by atoms with Gasteiger partial charge >= 0.3 is 5.97 Å². The molecular weight excluding hydrogens is 290 g/mol. The molecule has 4 nitrogen and oxygen atoms in total. The largest absolute Gasteiger partial charge is 0.466 e. The Balaban J connectivity index is 1.85. The normalized spacial score (nSPS) is 28.7. The van der Waals surface area contributed by atoms with Crippen LogP contribution in [0.5, 0.6) is 0 Å². The van der Waals surface area contributed by atoms with Crippen LogP contribution < -0.4 is 0 Å². The molecule has 0 saturated carbocycles. The fraction of sp³-hybridized carbons (Fsp3) is 0.474. The molecule has 23 heavy (non-hydrogen) atoms. The van der Waals surface area contributed by atoms with E-state index in [1.165, 1.54) is 5.56 Å². The molecule has 4 heteroatoms. The number of esters is 1. The third-order valence-corrected chi connectivity index (χ3v) is 4.91. The Kier molecular flexibility index (Phi) is 4.51.